The SMILES string of the molecule is CC(C)(C)C(P)PP. The minimum Gasteiger partial charge on any atom is -0.129 e. The highest BCUT2D eigenvalue weighted by Crippen LogP contribution is 2.43. The molecular weight excluding hydrogens is 153 g/mol. The van der Waals surface area contributed by atoms with Gasteiger partial charge >= 0.3 is 0 Å². The summed E-state index contributed by atoms with van der Waals surface area (Å²) in [7, 11) is 6.62. The topological polar surface area (TPSA) is 0 Å². The van der Waals surface area contributed by atoms with Crippen LogP contribution in [0.4, 0.5) is 0 Å². The molecule has 4 unspecified atom stereocenters. The maximum absolute atomic E-state index is 2.87. The van der Waals surface area contributed by atoms with E-state index in [1.807, 2.05) is 0 Å². The van der Waals surface area contributed by atoms with Crippen molar-refractivity contribution in [3.63, 3.8) is 0 Å². The van der Waals surface area contributed by atoms with E-state index in [2.05, 4.69) is 38.9 Å². The molecule has 0 bridgehead atoms. The van der Waals surface area contributed by atoms with Crippen LogP contribution in [0, 0.1) is 5.41 Å². The first-order chi connectivity index (χ1) is 3.48. The normalized spacial score (nSPS) is 17.6. The van der Waals surface area contributed by atoms with Crippen molar-refractivity contribution in [3.05, 3.63) is 0 Å². The zero-order valence-electron chi connectivity index (χ0n) is 5.73. The molecule has 0 fully saturated rings. The summed E-state index contributed by atoms with van der Waals surface area (Å²) in [4.78, 5) is 0. The van der Waals surface area contributed by atoms with Crippen molar-refractivity contribution in [2.75, 3.05) is 0 Å². The molecule has 0 aromatic carbocycles. The van der Waals surface area contributed by atoms with Gasteiger partial charge in [-0.05, 0) is 10.8 Å². The van der Waals surface area contributed by atoms with Gasteiger partial charge in [0.1, 0.15) is 0 Å². The lowest BCUT2D eigenvalue weighted by atomic mass is 10.0. The van der Waals surface area contributed by atoms with Gasteiger partial charge in [-0.15, -0.1) is 18.2 Å². The molecule has 0 rings (SSSR count). The number of rotatable bonds is 1. The van der Waals surface area contributed by atoms with Gasteiger partial charge in [-0.2, -0.15) is 0 Å². The van der Waals surface area contributed by atoms with E-state index in [1.165, 1.54) is 0 Å². The quantitative estimate of drug-likeness (QED) is 0.528. The van der Waals surface area contributed by atoms with Crippen LogP contribution in [0.3, 0.4) is 0 Å². The van der Waals surface area contributed by atoms with Gasteiger partial charge in [0, 0.05) is 0 Å². The van der Waals surface area contributed by atoms with E-state index < -0.39 is 0 Å². The average Bonchev–Trinajstić information content (AvgIpc) is 1.62. The Morgan fingerprint density at radius 2 is 1.75 bits per heavy atom. The van der Waals surface area contributed by atoms with Crippen LogP contribution in [-0.2, 0) is 0 Å². The Morgan fingerprint density at radius 3 is 1.75 bits per heavy atom. The Balaban J connectivity index is 3.62. The molecule has 0 aromatic heterocycles. The predicted molar refractivity (Wildman–Crippen MR) is 51.0 cm³/mol. The Hall–Kier alpha value is 1.29. The summed E-state index contributed by atoms with van der Waals surface area (Å²) in [5.74, 6) is 0. The van der Waals surface area contributed by atoms with Gasteiger partial charge in [-0.25, -0.2) is 0 Å². The van der Waals surface area contributed by atoms with Crippen LogP contribution in [0.5, 0.6) is 0 Å². The second-order valence-corrected chi connectivity index (χ2v) is 6.30. The van der Waals surface area contributed by atoms with Gasteiger partial charge in [0.05, 0.1) is 0 Å². The Morgan fingerprint density at radius 1 is 1.38 bits per heavy atom. The number of hydrogen-bond acceptors (Lipinski definition) is 0. The fourth-order valence-electron chi connectivity index (χ4n) is 0.250. The molecule has 0 aliphatic heterocycles. The molecule has 0 aromatic rings. The summed E-state index contributed by atoms with van der Waals surface area (Å²) >= 11 is 0. The highest BCUT2D eigenvalue weighted by atomic mass is 32.0. The summed E-state index contributed by atoms with van der Waals surface area (Å²) in [5, 5.41) is 0.757. The third-order valence-corrected chi connectivity index (χ3v) is 6.15. The molecule has 0 saturated heterocycles. The molecule has 0 amide bonds. The van der Waals surface area contributed by atoms with Gasteiger partial charge in [0.25, 0.3) is 0 Å². The molecule has 3 heteroatoms. The van der Waals surface area contributed by atoms with E-state index in [1.54, 1.807) is 0 Å². The van der Waals surface area contributed by atoms with Gasteiger partial charge in [-0.3, -0.25) is 0 Å². The summed E-state index contributed by atoms with van der Waals surface area (Å²) in [5.41, 5.74) is 0.463. The third kappa shape index (κ3) is 3.34. The first-order valence-electron chi connectivity index (χ1n) is 2.70. The van der Waals surface area contributed by atoms with Crippen LogP contribution < -0.4 is 0 Å². The van der Waals surface area contributed by atoms with Crippen LogP contribution >= 0.6 is 26.4 Å². The summed E-state index contributed by atoms with van der Waals surface area (Å²) in [6.07, 6.45) is 0. The first kappa shape index (κ1) is 9.29. The van der Waals surface area contributed by atoms with Gasteiger partial charge in [0.2, 0.25) is 0 Å². The van der Waals surface area contributed by atoms with E-state index in [0.717, 1.165) is 13.7 Å². The van der Waals surface area contributed by atoms with Gasteiger partial charge < -0.3 is 0 Å². The summed E-state index contributed by atoms with van der Waals surface area (Å²) in [6, 6.07) is 0. The molecule has 0 spiro atoms. The molecule has 0 heterocycles. The largest absolute Gasteiger partial charge is 0.129 e. The molecule has 0 N–H and O–H groups in total. The highest BCUT2D eigenvalue weighted by molar-refractivity contribution is 8.05. The minimum absolute atomic E-state index is 0.463. The molecule has 0 aliphatic carbocycles. The summed E-state index contributed by atoms with van der Waals surface area (Å²) < 4.78 is 0. The maximum Gasteiger partial charge on any atom is -0.000707 e. The van der Waals surface area contributed by atoms with E-state index >= 15 is 0 Å². The van der Waals surface area contributed by atoms with Gasteiger partial charge in [-0.1, -0.05) is 29.0 Å². The molecular formula is C5H15P3. The Kier molecular flexibility index (Phi) is 4.01. The smallest absolute Gasteiger partial charge is 0.000707 e. The van der Waals surface area contributed by atoms with Crippen LogP contribution in [0.15, 0.2) is 0 Å². The van der Waals surface area contributed by atoms with Crippen LogP contribution in [-0.4, -0.2) is 5.40 Å². The molecule has 4 atom stereocenters. The second-order valence-electron chi connectivity index (χ2n) is 3.01. The van der Waals surface area contributed by atoms with E-state index in [0.29, 0.717) is 5.41 Å². The van der Waals surface area contributed by atoms with Crippen LogP contribution in [0.2, 0.25) is 0 Å². The monoisotopic (exact) mass is 168 g/mol. The van der Waals surface area contributed by atoms with Crippen molar-refractivity contribution in [2.24, 2.45) is 5.41 Å². The average molecular weight is 168 g/mol. The minimum atomic E-state index is 0.463. The second kappa shape index (κ2) is 3.46. The fraction of sp³-hybridized carbons (Fsp3) is 1.00. The molecule has 50 valence electrons. The van der Waals surface area contributed by atoms with Crippen LogP contribution in [0.25, 0.3) is 0 Å². The van der Waals surface area contributed by atoms with Crippen molar-refractivity contribution in [1.82, 2.24) is 0 Å². The van der Waals surface area contributed by atoms with Crippen molar-refractivity contribution in [3.8, 4) is 0 Å². The fourth-order valence-corrected chi connectivity index (χ4v) is 2.25. The van der Waals surface area contributed by atoms with E-state index in [4.69, 9.17) is 0 Å². The molecule has 0 nitrogen and oxygen atoms in total. The molecule has 8 heavy (non-hydrogen) atoms. The maximum atomic E-state index is 2.87. The zero-order valence-corrected chi connectivity index (χ0v) is 9.04. The van der Waals surface area contributed by atoms with E-state index in [-0.39, 0.29) is 0 Å². The molecule has 0 aliphatic rings. The lowest BCUT2D eigenvalue weighted by Crippen LogP contribution is -2.13. The van der Waals surface area contributed by atoms with Crippen molar-refractivity contribution in [2.45, 2.75) is 26.2 Å². The third-order valence-electron chi connectivity index (χ3n) is 1.11. The van der Waals surface area contributed by atoms with Gasteiger partial charge in [0.15, 0.2) is 0 Å². The van der Waals surface area contributed by atoms with Crippen LogP contribution in [0.1, 0.15) is 20.8 Å². The van der Waals surface area contributed by atoms with Crippen molar-refractivity contribution < 1.29 is 0 Å². The zero-order chi connectivity index (χ0) is 6.78. The lowest BCUT2D eigenvalue weighted by Gasteiger charge is -2.25. The van der Waals surface area contributed by atoms with Crippen molar-refractivity contribution in [1.29, 1.82) is 0 Å². The highest BCUT2D eigenvalue weighted by Gasteiger charge is 2.17. The van der Waals surface area contributed by atoms with E-state index in [9.17, 15) is 0 Å². The first-order valence-corrected chi connectivity index (χ1v) is 6.25. The Bertz CT molecular complexity index is 64.6. The predicted octanol–water partition coefficient (Wildman–Crippen LogP) is 2.70. The van der Waals surface area contributed by atoms with Crippen molar-refractivity contribution >= 4 is 26.4 Å². The standard InChI is InChI=1S/C5H15P3/c1-5(2,3)4(6)8-7/h4,8H,6-7H2,1-3H3. The molecule has 0 saturated carbocycles. The Labute approximate surface area is 58.7 Å². The number of hydrogen-bond donors (Lipinski definition) is 0. The molecule has 0 radical (unpaired) electrons. The lowest BCUT2D eigenvalue weighted by molar-refractivity contribution is 0.458. The summed E-state index contributed by atoms with van der Waals surface area (Å²) in [6.45, 7) is 6.80.